The molecule has 0 heterocycles. The number of nitrogens with zero attached hydrogens (tertiary/aromatic N) is 1. The van der Waals surface area contributed by atoms with Crippen LogP contribution in [0.3, 0.4) is 0 Å². The van der Waals surface area contributed by atoms with Gasteiger partial charge >= 0.3 is 5.97 Å². The standard InChI is InChI=1S/C11H22N2O6/c1-10(15)12-3-5-13(6-8-14,7-9-19-18)4-2-11(16)17/h14H,2-9H2,1H3,(H2-,12,15,16,17,18)/p+1. The van der Waals surface area contributed by atoms with E-state index in [0.717, 1.165) is 0 Å². The highest BCUT2D eigenvalue weighted by Gasteiger charge is 2.27. The summed E-state index contributed by atoms with van der Waals surface area (Å²) in [6.07, 6.45) is -0.0501. The fourth-order valence-corrected chi connectivity index (χ4v) is 1.92. The number of hydrogen-bond acceptors (Lipinski definition) is 5. The first-order valence-electron chi connectivity index (χ1n) is 6.14. The van der Waals surface area contributed by atoms with Crippen molar-refractivity contribution in [3.8, 4) is 0 Å². The molecule has 112 valence electrons. The lowest BCUT2D eigenvalue weighted by atomic mass is 10.2. The van der Waals surface area contributed by atoms with Gasteiger partial charge in [0.1, 0.15) is 19.7 Å². The summed E-state index contributed by atoms with van der Waals surface area (Å²) in [5.74, 6) is -1.09. The molecule has 0 aromatic heterocycles. The van der Waals surface area contributed by atoms with Crippen molar-refractivity contribution in [2.45, 2.75) is 13.3 Å². The Morgan fingerprint density at radius 3 is 2.37 bits per heavy atom. The SMILES string of the molecule is CC(=O)NCC[N+](CCO)(CCOO)CCC(=O)O. The summed E-state index contributed by atoms with van der Waals surface area (Å²) in [5.41, 5.74) is 0. The van der Waals surface area contributed by atoms with Crippen molar-refractivity contribution in [2.75, 3.05) is 45.9 Å². The fraction of sp³-hybridized carbons (Fsp3) is 0.818. The summed E-state index contributed by atoms with van der Waals surface area (Å²) in [6, 6.07) is 0. The molecule has 0 rings (SSSR count). The van der Waals surface area contributed by atoms with E-state index in [1.54, 1.807) is 0 Å². The predicted octanol–water partition coefficient (Wildman–Crippen LogP) is -1.10. The van der Waals surface area contributed by atoms with Gasteiger partial charge in [-0.3, -0.25) is 14.8 Å². The number of carbonyl (C=O) groups excluding carboxylic acids is 1. The van der Waals surface area contributed by atoms with Crippen LogP contribution < -0.4 is 5.32 Å². The molecule has 1 unspecified atom stereocenters. The second-order valence-corrected chi connectivity index (χ2v) is 4.42. The van der Waals surface area contributed by atoms with E-state index in [9.17, 15) is 9.59 Å². The number of carboxylic acids is 1. The number of quaternary nitrogens is 1. The normalized spacial score (nSPS) is 13.8. The third-order valence-corrected chi connectivity index (χ3v) is 2.99. The largest absolute Gasteiger partial charge is 0.481 e. The molecule has 0 aromatic rings. The lowest BCUT2D eigenvalue weighted by Crippen LogP contribution is -2.55. The zero-order valence-corrected chi connectivity index (χ0v) is 11.2. The first-order valence-corrected chi connectivity index (χ1v) is 6.14. The molecule has 8 nitrogen and oxygen atoms in total. The lowest BCUT2D eigenvalue weighted by molar-refractivity contribution is -0.927. The molecule has 8 heteroatoms. The Labute approximate surface area is 112 Å². The van der Waals surface area contributed by atoms with Gasteiger partial charge in [0.15, 0.2) is 0 Å². The van der Waals surface area contributed by atoms with Crippen molar-refractivity contribution >= 4 is 11.9 Å². The molecule has 1 amide bonds. The van der Waals surface area contributed by atoms with E-state index in [-0.39, 0.29) is 30.0 Å². The molecular weight excluding hydrogens is 256 g/mol. The van der Waals surface area contributed by atoms with Crippen LogP contribution in [0, 0.1) is 0 Å². The first-order chi connectivity index (χ1) is 8.95. The van der Waals surface area contributed by atoms with Crippen molar-refractivity contribution < 1.29 is 34.4 Å². The Morgan fingerprint density at radius 2 is 1.89 bits per heavy atom. The molecule has 0 saturated heterocycles. The monoisotopic (exact) mass is 279 g/mol. The van der Waals surface area contributed by atoms with Crippen LogP contribution in [0.25, 0.3) is 0 Å². The van der Waals surface area contributed by atoms with E-state index in [2.05, 4.69) is 10.2 Å². The summed E-state index contributed by atoms with van der Waals surface area (Å²) in [5, 5.41) is 28.9. The Hall–Kier alpha value is -1.22. The molecular formula is C11H23N2O6+. The summed E-state index contributed by atoms with van der Waals surface area (Å²) < 4.78 is 0.268. The number of carboxylic acid groups (broad SMARTS) is 1. The number of aliphatic hydroxyl groups excluding tert-OH is 1. The average Bonchev–Trinajstić information content (AvgIpc) is 2.33. The van der Waals surface area contributed by atoms with Crippen LogP contribution in [0.15, 0.2) is 0 Å². The van der Waals surface area contributed by atoms with Crippen LogP contribution in [0.1, 0.15) is 13.3 Å². The number of amides is 1. The predicted molar refractivity (Wildman–Crippen MR) is 66.3 cm³/mol. The second-order valence-electron chi connectivity index (χ2n) is 4.42. The second kappa shape index (κ2) is 9.68. The van der Waals surface area contributed by atoms with Gasteiger partial charge in [-0.2, -0.15) is 0 Å². The fourth-order valence-electron chi connectivity index (χ4n) is 1.92. The van der Waals surface area contributed by atoms with Crippen molar-refractivity contribution in [3.05, 3.63) is 0 Å². The number of aliphatic hydroxyl groups is 1. The van der Waals surface area contributed by atoms with Crippen LogP contribution in [0.2, 0.25) is 0 Å². The van der Waals surface area contributed by atoms with E-state index in [1.165, 1.54) is 6.92 Å². The molecule has 0 aliphatic rings. The van der Waals surface area contributed by atoms with Crippen LogP contribution in [0.4, 0.5) is 0 Å². The van der Waals surface area contributed by atoms with Crippen LogP contribution in [0.5, 0.6) is 0 Å². The minimum Gasteiger partial charge on any atom is -0.481 e. The topological polar surface area (TPSA) is 116 Å². The number of carbonyl (C=O) groups is 2. The third-order valence-electron chi connectivity index (χ3n) is 2.99. The molecule has 19 heavy (non-hydrogen) atoms. The van der Waals surface area contributed by atoms with E-state index >= 15 is 0 Å². The molecule has 0 aliphatic carbocycles. The van der Waals surface area contributed by atoms with E-state index in [4.69, 9.17) is 15.5 Å². The van der Waals surface area contributed by atoms with Gasteiger partial charge in [-0.1, -0.05) is 0 Å². The lowest BCUT2D eigenvalue weighted by Gasteiger charge is -2.37. The number of aliphatic carboxylic acids is 1. The van der Waals surface area contributed by atoms with Crippen LogP contribution in [-0.4, -0.2) is 77.8 Å². The minimum atomic E-state index is -0.926. The highest BCUT2D eigenvalue weighted by atomic mass is 17.1. The van der Waals surface area contributed by atoms with E-state index in [0.29, 0.717) is 32.7 Å². The van der Waals surface area contributed by atoms with Crippen molar-refractivity contribution in [2.24, 2.45) is 0 Å². The quantitative estimate of drug-likeness (QED) is 0.217. The Kier molecular flexibility index (Phi) is 9.06. The molecule has 0 radical (unpaired) electrons. The zero-order chi connectivity index (χ0) is 14.7. The highest BCUT2D eigenvalue weighted by Crippen LogP contribution is 2.08. The molecule has 0 aromatic carbocycles. The maximum absolute atomic E-state index is 10.8. The van der Waals surface area contributed by atoms with E-state index < -0.39 is 5.97 Å². The zero-order valence-electron chi connectivity index (χ0n) is 11.2. The van der Waals surface area contributed by atoms with Gasteiger partial charge in [-0.05, 0) is 0 Å². The molecule has 0 bridgehead atoms. The van der Waals surface area contributed by atoms with Gasteiger partial charge in [0.2, 0.25) is 5.91 Å². The number of nitrogens with one attached hydrogen (secondary N) is 1. The van der Waals surface area contributed by atoms with Crippen LogP contribution >= 0.6 is 0 Å². The van der Waals surface area contributed by atoms with Gasteiger partial charge in [0.05, 0.1) is 32.7 Å². The molecule has 4 N–H and O–H groups in total. The van der Waals surface area contributed by atoms with Crippen molar-refractivity contribution in [3.63, 3.8) is 0 Å². The van der Waals surface area contributed by atoms with E-state index in [1.807, 2.05) is 0 Å². The van der Waals surface area contributed by atoms with Crippen LogP contribution in [-0.2, 0) is 14.5 Å². The van der Waals surface area contributed by atoms with Gasteiger partial charge in [0, 0.05) is 6.92 Å². The summed E-state index contributed by atoms with van der Waals surface area (Å²) in [4.78, 5) is 25.6. The Bertz CT molecular complexity index is 286. The molecule has 0 aliphatic heterocycles. The van der Waals surface area contributed by atoms with Crippen molar-refractivity contribution in [1.82, 2.24) is 5.32 Å². The van der Waals surface area contributed by atoms with Gasteiger partial charge < -0.3 is 20.0 Å². The smallest absolute Gasteiger partial charge is 0.309 e. The molecule has 1 atom stereocenters. The summed E-state index contributed by atoms with van der Waals surface area (Å²) in [6.45, 7) is 3.19. The van der Waals surface area contributed by atoms with Gasteiger partial charge in [-0.25, -0.2) is 4.89 Å². The Morgan fingerprint density at radius 1 is 1.21 bits per heavy atom. The molecule has 0 fully saturated rings. The number of rotatable bonds is 11. The third kappa shape index (κ3) is 8.49. The Balaban J connectivity index is 4.58. The van der Waals surface area contributed by atoms with Crippen molar-refractivity contribution in [1.29, 1.82) is 0 Å². The maximum atomic E-state index is 10.8. The highest BCUT2D eigenvalue weighted by molar-refractivity contribution is 5.72. The van der Waals surface area contributed by atoms with Gasteiger partial charge in [-0.15, -0.1) is 0 Å². The summed E-state index contributed by atoms with van der Waals surface area (Å²) in [7, 11) is 0. The maximum Gasteiger partial charge on any atom is 0.309 e. The molecule has 0 saturated carbocycles. The molecule has 0 spiro atoms. The minimum absolute atomic E-state index is 0.0414. The summed E-state index contributed by atoms with van der Waals surface area (Å²) >= 11 is 0. The first kappa shape index (κ1) is 17.8. The number of hydrogen-bond donors (Lipinski definition) is 4. The van der Waals surface area contributed by atoms with Gasteiger partial charge in [0.25, 0.3) is 0 Å². The average molecular weight is 279 g/mol.